The summed E-state index contributed by atoms with van der Waals surface area (Å²) in [4.78, 5) is 32.3. The number of benzene rings is 1. The van der Waals surface area contributed by atoms with Gasteiger partial charge in [-0.2, -0.15) is 0 Å². The molecule has 0 radical (unpaired) electrons. The van der Waals surface area contributed by atoms with E-state index in [9.17, 15) is 9.59 Å². The van der Waals surface area contributed by atoms with Gasteiger partial charge in [0.15, 0.2) is 11.5 Å². The van der Waals surface area contributed by atoms with E-state index < -0.39 is 0 Å². The maximum Gasteiger partial charge on any atom is 0.278 e. The van der Waals surface area contributed by atoms with E-state index in [0.717, 1.165) is 11.8 Å². The summed E-state index contributed by atoms with van der Waals surface area (Å²) < 4.78 is 11.9. The lowest BCUT2D eigenvalue weighted by atomic mass is 10.2. The summed E-state index contributed by atoms with van der Waals surface area (Å²) in [5, 5.41) is 3.60. The molecule has 3 aromatic rings. The SMILES string of the molecule is CC[C@H](C)NC(=O)Cn1cnc2c([nH]c3cc(OC)c(OC)cc32)c1=O. The van der Waals surface area contributed by atoms with Crippen LogP contribution in [0.25, 0.3) is 21.9 Å². The molecule has 2 heterocycles. The molecular weight excluding hydrogens is 336 g/mol. The van der Waals surface area contributed by atoms with Gasteiger partial charge in [0, 0.05) is 17.5 Å². The van der Waals surface area contributed by atoms with Crippen LogP contribution in [0.4, 0.5) is 0 Å². The van der Waals surface area contributed by atoms with Crippen LogP contribution in [-0.2, 0) is 11.3 Å². The monoisotopic (exact) mass is 358 g/mol. The molecule has 0 aliphatic heterocycles. The first kappa shape index (κ1) is 17.8. The number of methoxy groups -OCH3 is 2. The Labute approximate surface area is 150 Å². The molecule has 0 aliphatic rings. The lowest BCUT2D eigenvalue weighted by Crippen LogP contribution is -2.37. The maximum atomic E-state index is 12.7. The van der Waals surface area contributed by atoms with E-state index >= 15 is 0 Å². The van der Waals surface area contributed by atoms with Crippen molar-refractivity contribution in [2.75, 3.05) is 14.2 Å². The minimum absolute atomic E-state index is 0.0582. The summed E-state index contributed by atoms with van der Waals surface area (Å²) >= 11 is 0. The number of H-pyrrole nitrogens is 1. The Balaban J connectivity index is 2.05. The van der Waals surface area contributed by atoms with Crippen LogP contribution in [0.5, 0.6) is 11.5 Å². The lowest BCUT2D eigenvalue weighted by molar-refractivity contribution is -0.122. The topological polar surface area (TPSA) is 98.2 Å². The first-order valence-electron chi connectivity index (χ1n) is 8.40. The standard InChI is InChI=1S/C18H22N4O4/c1-5-10(2)20-15(23)8-22-9-19-16-11-6-13(25-3)14(26-4)7-12(11)21-17(16)18(22)24/h6-7,9-10,21H,5,8H2,1-4H3,(H,20,23)/t10-/m0/s1. The van der Waals surface area contributed by atoms with Crippen LogP contribution in [0.2, 0.25) is 0 Å². The molecule has 2 N–H and O–H groups in total. The Morgan fingerprint density at radius 1 is 1.31 bits per heavy atom. The Morgan fingerprint density at radius 2 is 2.00 bits per heavy atom. The summed E-state index contributed by atoms with van der Waals surface area (Å²) in [7, 11) is 3.10. The van der Waals surface area contributed by atoms with Crippen molar-refractivity contribution in [3.05, 3.63) is 28.8 Å². The zero-order valence-electron chi connectivity index (χ0n) is 15.3. The molecule has 3 rings (SSSR count). The Bertz CT molecular complexity index is 1020. The second kappa shape index (κ2) is 7.07. The van der Waals surface area contributed by atoms with Gasteiger partial charge >= 0.3 is 0 Å². The van der Waals surface area contributed by atoms with Crippen LogP contribution in [-0.4, -0.2) is 40.7 Å². The molecule has 0 aliphatic carbocycles. The van der Waals surface area contributed by atoms with Gasteiger partial charge < -0.3 is 19.8 Å². The van der Waals surface area contributed by atoms with Crippen molar-refractivity contribution in [3.63, 3.8) is 0 Å². The maximum absolute atomic E-state index is 12.7. The minimum atomic E-state index is -0.302. The van der Waals surface area contributed by atoms with E-state index in [2.05, 4.69) is 15.3 Å². The molecule has 0 fully saturated rings. The fourth-order valence-corrected chi connectivity index (χ4v) is 2.81. The van der Waals surface area contributed by atoms with Crippen molar-refractivity contribution in [2.24, 2.45) is 0 Å². The highest BCUT2D eigenvalue weighted by Crippen LogP contribution is 2.34. The molecule has 8 heteroatoms. The molecule has 2 aromatic heterocycles. The quantitative estimate of drug-likeness (QED) is 0.700. The third-order valence-corrected chi connectivity index (χ3v) is 4.41. The number of rotatable bonds is 6. The van der Waals surface area contributed by atoms with Gasteiger partial charge in [-0.15, -0.1) is 0 Å². The number of carbonyl (C=O) groups is 1. The average Bonchev–Trinajstić information content (AvgIpc) is 3.00. The minimum Gasteiger partial charge on any atom is -0.493 e. The van der Waals surface area contributed by atoms with Gasteiger partial charge in [0.25, 0.3) is 5.56 Å². The van der Waals surface area contributed by atoms with Crippen molar-refractivity contribution in [3.8, 4) is 11.5 Å². The molecule has 8 nitrogen and oxygen atoms in total. The number of carbonyl (C=O) groups excluding carboxylic acids is 1. The molecular formula is C18H22N4O4. The van der Waals surface area contributed by atoms with Crippen LogP contribution < -0.4 is 20.3 Å². The predicted molar refractivity (Wildman–Crippen MR) is 98.9 cm³/mol. The highest BCUT2D eigenvalue weighted by molar-refractivity contribution is 6.05. The zero-order chi connectivity index (χ0) is 18.8. The van der Waals surface area contributed by atoms with Crippen molar-refractivity contribution >= 4 is 27.8 Å². The summed E-state index contributed by atoms with van der Waals surface area (Å²) in [5.41, 5.74) is 1.28. The van der Waals surface area contributed by atoms with Gasteiger partial charge in [0.2, 0.25) is 5.91 Å². The van der Waals surface area contributed by atoms with Crippen molar-refractivity contribution in [2.45, 2.75) is 32.9 Å². The number of hydrogen-bond acceptors (Lipinski definition) is 5. The average molecular weight is 358 g/mol. The smallest absolute Gasteiger partial charge is 0.278 e. The lowest BCUT2D eigenvalue weighted by Gasteiger charge is -2.12. The Kier molecular flexibility index (Phi) is 4.83. The molecule has 138 valence electrons. The number of fused-ring (bicyclic) bond motifs is 3. The van der Waals surface area contributed by atoms with E-state index in [-0.39, 0.29) is 24.1 Å². The first-order chi connectivity index (χ1) is 12.5. The van der Waals surface area contributed by atoms with Crippen molar-refractivity contribution in [1.82, 2.24) is 19.9 Å². The van der Waals surface area contributed by atoms with Crippen LogP contribution in [0, 0.1) is 0 Å². The number of aromatic nitrogens is 3. The van der Waals surface area contributed by atoms with Gasteiger partial charge in [-0.3, -0.25) is 14.2 Å². The normalized spacial score (nSPS) is 12.3. The predicted octanol–water partition coefficient (Wildman–Crippen LogP) is 1.81. The molecule has 1 amide bonds. The second-order valence-corrected chi connectivity index (χ2v) is 6.16. The van der Waals surface area contributed by atoms with E-state index in [1.807, 2.05) is 13.8 Å². The Morgan fingerprint density at radius 3 is 2.65 bits per heavy atom. The van der Waals surface area contributed by atoms with Gasteiger partial charge in [0.1, 0.15) is 17.6 Å². The molecule has 0 unspecified atom stereocenters. The second-order valence-electron chi connectivity index (χ2n) is 6.16. The molecule has 0 spiro atoms. The van der Waals surface area contributed by atoms with Crippen LogP contribution in [0.1, 0.15) is 20.3 Å². The van der Waals surface area contributed by atoms with Gasteiger partial charge in [0.05, 0.1) is 26.1 Å². The van der Waals surface area contributed by atoms with Gasteiger partial charge in [-0.05, 0) is 19.4 Å². The van der Waals surface area contributed by atoms with Crippen LogP contribution in [0.15, 0.2) is 23.3 Å². The number of amides is 1. The first-order valence-corrected chi connectivity index (χ1v) is 8.40. The van der Waals surface area contributed by atoms with Gasteiger partial charge in [-0.1, -0.05) is 6.92 Å². The number of ether oxygens (including phenoxy) is 2. The number of nitrogens with zero attached hydrogens (tertiary/aromatic N) is 2. The van der Waals surface area contributed by atoms with Gasteiger partial charge in [-0.25, -0.2) is 4.98 Å². The van der Waals surface area contributed by atoms with E-state index in [0.29, 0.717) is 28.0 Å². The van der Waals surface area contributed by atoms with Crippen LogP contribution in [0.3, 0.4) is 0 Å². The highest BCUT2D eigenvalue weighted by Gasteiger charge is 2.16. The third kappa shape index (κ3) is 3.10. The molecule has 1 aromatic carbocycles. The van der Waals surface area contributed by atoms with Crippen molar-refractivity contribution in [1.29, 1.82) is 0 Å². The number of hydrogen-bond donors (Lipinski definition) is 2. The Hall–Kier alpha value is -3.03. The molecule has 0 saturated heterocycles. The van der Waals surface area contributed by atoms with Crippen molar-refractivity contribution < 1.29 is 14.3 Å². The fourth-order valence-electron chi connectivity index (χ4n) is 2.81. The number of nitrogens with one attached hydrogen (secondary N) is 2. The molecule has 0 bridgehead atoms. The summed E-state index contributed by atoms with van der Waals surface area (Å²) in [6.07, 6.45) is 2.22. The van der Waals surface area contributed by atoms with E-state index in [4.69, 9.17) is 9.47 Å². The zero-order valence-corrected chi connectivity index (χ0v) is 15.3. The summed E-state index contributed by atoms with van der Waals surface area (Å²) in [5.74, 6) is 0.890. The molecule has 26 heavy (non-hydrogen) atoms. The van der Waals surface area contributed by atoms with Crippen LogP contribution >= 0.6 is 0 Å². The fraction of sp³-hybridized carbons (Fsp3) is 0.389. The molecule has 0 saturated carbocycles. The number of aromatic amines is 1. The van der Waals surface area contributed by atoms with E-state index in [1.165, 1.54) is 10.9 Å². The summed E-state index contributed by atoms with van der Waals surface area (Å²) in [6, 6.07) is 3.59. The largest absolute Gasteiger partial charge is 0.493 e. The van der Waals surface area contributed by atoms with E-state index in [1.54, 1.807) is 26.4 Å². The third-order valence-electron chi connectivity index (χ3n) is 4.41. The molecule has 1 atom stereocenters. The highest BCUT2D eigenvalue weighted by atomic mass is 16.5. The summed E-state index contributed by atoms with van der Waals surface area (Å²) in [6.45, 7) is 3.83.